The minimum atomic E-state index is -0.334. The van der Waals surface area contributed by atoms with Crippen molar-refractivity contribution in [3.05, 3.63) is 57.6 Å². The number of anilines is 2. The molecule has 0 aliphatic carbocycles. The van der Waals surface area contributed by atoms with Crippen molar-refractivity contribution in [2.24, 2.45) is 0 Å². The van der Waals surface area contributed by atoms with Crippen LogP contribution in [0.2, 0.25) is 10.0 Å². The number of hydrogen-bond donors (Lipinski definition) is 1. The van der Waals surface area contributed by atoms with Gasteiger partial charge in [0.15, 0.2) is 0 Å². The normalized spacial score (nSPS) is 10.0. The van der Waals surface area contributed by atoms with Gasteiger partial charge in [-0.25, -0.2) is 0 Å². The van der Waals surface area contributed by atoms with E-state index in [0.29, 0.717) is 16.9 Å². The van der Waals surface area contributed by atoms with E-state index < -0.39 is 0 Å². The van der Waals surface area contributed by atoms with Crippen LogP contribution in [0.25, 0.3) is 0 Å². The van der Waals surface area contributed by atoms with Crippen LogP contribution in [-0.2, 0) is 0 Å². The molecule has 1 amide bonds. The van der Waals surface area contributed by atoms with E-state index in [9.17, 15) is 4.79 Å². The maximum Gasteiger partial charge on any atom is 0.259 e. The lowest BCUT2D eigenvalue weighted by Gasteiger charge is -2.18. The largest absolute Gasteiger partial charge is 0.399 e. The first-order valence-electron chi connectivity index (χ1n) is 5.96. The number of nitriles is 1. The molecule has 0 unspecified atom stereocenters. The van der Waals surface area contributed by atoms with Crippen molar-refractivity contribution < 1.29 is 4.79 Å². The number of benzene rings is 2. The fraction of sp³-hybridized carbons (Fsp3) is 0.0667. The second kappa shape index (κ2) is 6.04. The van der Waals surface area contributed by atoms with Crippen LogP contribution in [0.15, 0.2) is 36.4 Å². The number of hydrogen-bond acceptors (Lipinski definition) is 3. The molecule has 2 aromatic rings. The van der Waals surface area contributed by atoms with Crippen molar-refractivity contribution in [2.45, 2.75) is 0 Å². The number of nitrogen functional groups attached to an aromatic ring is 1. The Morgan fingerprint density at radius 2 is 1.86 bits per heavy atom. The fourth-order valence-corrected chi connectivity index (χ4v) is 2.24. The van der Waals surface area contributed by atoms with E-state index in [4.69, 9.17) is 34.2 Å². The molecule has 0 aromatic heterocycles. The Kier molecular flexibility index (Phi) is 4.37. The highest BCUT2D eigenvalue weighted by molar-refractivity contribution is 6.44. The zero-order valence-electron chi connectivity index (χ0n) is 11.1. The van der Waals surface area contributed by atoms with Gasteiger partial charge in [-0.15, -0.1) is 0 Å². The van der Waals surface area contributed by atoms with Gasteiger partial charge in [0.2, 0.25) is 0 Å². The molecular weight excluding hydrogens is 309 g/mol. The standard InChI is InChI=1S/C15H11Cl2N3O/c1-20(11-4-2-9(8-18)3-5-11)15(21)12-6-10(19)7-13(16)14(12)17/h2-7H,19H2,1H3. The molecule has 0 fully saturated rings. The van der Waals surface area contributed by atoms with Crippen molar-refractivity contribution in [2.75, 3.05) is 17.7 Å². The minimum Gasteiger partial charge on any atom is -0.399 e. The maximum absolute atomic E-state index is 12.5. The average molecular weight is 320 g/mol. The Morgan fingerprint density at radius 1 is 1.24 bits per heavy atom. The summed E-state index contributed by atoms with van der Waals surface area (Å²) in [4.78, 5) is 13.9. The summed E-state index contributed by atoms with van der Waals surface area (Å²) in [5.41, 5.74) is 7.44. The lowest BCUT2D eigenvalue weighted by Crippen LogP contribution is -2.26. The zero-order chi connectivity index (χ0) is 15.6. The van der Waals surface area contributed by atoms with Crippen LogP contribution in [0.1, 0.15) is 15.9 Å². The summed E-state index contributed by atoms with van der Waals surface area (Å²) in [6.45, 7) is 0. The van der Waals surface area contributed by atoms with Gasteiger partial charge in [0.25, 0.3) is 5.91 Å². The highest BCUT2D eigenvalue weighted by Gasteiger charge is 2.19. The highest BCUT2D eigenvalue weighted by atomic mass is 35.5. The third-order valence-corrected chi connectivity index (χ3v) is 3.77. The van der Waals surface area contributed by atoms with Gasteiger partial charge in [0, 0.05) is 18.4 Å². The van der Waals surface area contributed by atoms with Gasteiger partial charge in [-0.1, -0.05) is 23.2 Å². The number of carbonyl (C=O) groups is 1. The van der Waals surface area contributed by atoms with Crippen molar-refractivity contribution in [3.8, 4) is 6.07 Å². The lowest BCUT2D eigenvalue weighted by atomic mass is 10.1. The molecule has 2 aromatic carbocycles. The highest BCUT2D eigenvalue weighted by Crippen LogP contribution is 2.30. The molecular formula is C15H11Cl2N3O. The Balaban J connectivity index is 2.37. The quantitative estimate of drug-likeness (QED) is 0.857. The van der Waals surface area contributed by atoms with E-state index in [1.807, 2.05) is 6.07 Å². The molecule has 4 nitrogen and oxygen atoms in total. The van der Waals surface area contributed by atoms with Crippen LogP contribution >= 0.6 is 23.2 Å². The summed E-state index contributed by atoms with van der Waals surface area (Å²) < 4.78 is 0. The third kappa shape index (κ3) is 3.10. The molecule has 6 heteroatoms. The topological polar surface area (TPSA) is 70.1 Å². The number of amides is 1. The molecule has 0 spiro atoms. The first-order chi connectivity index (χ1) is 9.93. The summed E-state index contributed by atoms with van der Waals surface area (Å²) >= 11 is 12.0. The fourth-order valence-electron chi connectivity index (χ4n) is 1.82. The van der Waals surface area contributed by atoms with Crippen molar-refractivity contribution >= 4 is 40.5 Å². The molecule has 0 aliphatic rings. The molecule has 21 heavy (non-hydrogen) atoms. The van der Waals surface area contributed by atoms with Gasteiger partial charge in [0.1, 0.15) is 0 Å². The number of nitrogens with zero attached hydrogens (tertiary/aromatic N) is 2. The first kappa shape index (κ1) is 15.2. The van der Waals surface area contributed by atoms with E-state index in [-0.39, 0.29) is 21.5 Å². The summed E-state index contributed by atoms with van der Waals surface area (Å²) in [7, 11) is 1.61. The van der Waals surface area contributed by atoms with Crippen LogP contribution in [0, 0.1) is 11.3 Å². The maximum atomic E-state index is 12.5. The summed E-state index contributed by atoms with van der Waals surface area (Å²) in [5, 5.41) is 9.17. The van der Waals surface area contributed by atoms with Crippen LogP contribution in [0.4, 0.5) is 11.4 Å². The van der Waals surface area contributed by atoms with Gasteiger partial charge in [-0.2, -0.15) is 5.26 Å². The Labute approximate surface area is 132 Å². The van der Waals surface area contributed by atoms with Crippen LogP contribution in [0.5, 0.6) is 0 Å². The van der Waals surface area contributed by atoms with Gasteiger partial charge in [0.05, 0.1) is 27.2 Å². The smallest absolute Gasteiger partial charge is 0.259 e. The number of nitrogens with two attached hydrogens (primary N) is 1. The van der Waals surface area contributed by atoms with E-state index in [0.717, 1.165) is 0 Å². The average Bonchev–Trinajstić information content (AvgIpc) is 2.49. The Morgan fingerprint density at radius 3 is 2.43 bits per heavy atom. The second-order valence-electron chi connectivity index (χ2n) is 4.39. The molecule has 2 N–H and O–H groups in total. The molecule has 0 bridgehead atoms. The SMILES string of the molecule is CN(C(=O)c1cc(N)cc(Cl)c1Cl)c1ccc(C#N)cc1. The van der Waals surface area contributed by atoms with Crippen molar-refractivity contribution in [1.29, 1.82) is 5.26 Å². The van der Waals surface area contributed by atoms with Gasteiger partial charge < -0.3 is 10.6 Å². The lowest BCUT2D eigenvalue weighted by molar-refractivity contribution is 0.0993. The molecule has 0 aliphatic heterocycles. The molecule has 2 rings (SSSR count). The first-order valence-corrected chi connectivity index (χ1v) is 6.72. The summed E-state index contributed by atoms with van der Waals surface area (Å²) in [6.07, 6.45) is 0. The Bertz CT molecular complexity index is 736. The molecule has 106 valence electrons. The van der Waals surface area contributed by atoms with Gasteiger partial charge in [-0.05, 0) is 36.4 Å². The van der Waals surface area contributed by atoms with Crippen molar-refractivity contribution in [3.63, 3.8) is 0 Å². The second-order valence-corrected chi connectivity index (χ2v) is 5.17. The minimum absolute atomic E-state index is 0.163. The number of rotatable bonds is 2. The van der Waals surface area contributed by atoms with E-state index >= 15 is 0 Å². The number of carbonyl (C=O) groups excluding carboxylic acids is 1. The molecule has 0 saturated heterocycles. The van der Waals surface area contributed by atoms with E-state index in [2.05, 4.69) is 0 Å². The molecule has 0 atom stereocenters. The van der Waals surface area contributed by atoms with Crippen LogP contribution in [-0.4, -0.2) is 13.0 Å². The predicted molar refractivity (Wildman–Crippen MR) is 84.8 cm³/mol. The van der Waals surface area contributed by atoms with Crippen LogP contribution < -0.4 is 10.6 Å². The molecule has 0 heterocycles. The van der Waals surface area contributed by atoms with Crippen molar-refractivity contribution in [1.82, 2.24) is 0 Å². The van der Waals surface area contributed by atoms with E-state index in [1.54, 1.807) is 31.3 Å². The predicted octanol–water partition coefficient (Wildman–Crippen LogP) is 3.72. The third-order valence-electron chi connectivity index (χ3n) is 2.97. The number of halogens is 2. The van der Waals surface area contributed by atoms with Crippen LogP contribution in [0.3, 0.4) is 0 Å². The van der Waals surface area contributed by atoms with E-state index in [1.165, 1.54) is 17.0 Å². The monoisotopic (exact) mass is 319 g/mol. The summed E-state index contributed by atoms with van der Waals surface area (Å²) in [6, 6.07) is 11.6. The molecule has 0 saturated carbocycles. The molecule has 0 radical (unpaired) electrons. The van der Waals surface area contributed by atoms with Gasteiger partial charge in [-0.3, -0.25) is 4.79 Å². The Hall–Kier alpha value is -2.22. The summed E-state index contributed by atoms with van der Waals surface area (Å²) in [5.74, 6) is -0.334. The van der Waals surface area contributed by atoms with Gasteiger partial charge >= 0.3 is 0 Å². The zero-order valence-corrected chi connectivity index (χ0v) is 12.6.